The minimum absolute atomic E-state index is 0.320. The smallest absolute Gasteiger partial charge is 0.0926 e. The van der Waals surface area contributed by atoms with Gasteiger partial charge in [0.05, 0.1) is 17.7 Å². The molecule has 4 heteroatoms. The van der Waals surface area contributed by atoms with Gasteiger partial charge in [-0.15, -0.1) is 0 Å². The topological polar surface area (TPSA) is 21.3 Å². The van der Waals surface area contributed by atoms with E-state index in [1.165, 1.54) is 11.1 Å². The summed E-state index contributed by atoms with van der Waals surface area (Å²) in [6.45, 7) is 9.03. The van der Waals surface area contributed by atoms with Crippen molar-refractivity contribution in [3.8, 4) is 0 Å². The Hall–Kier alpha value is -1.78. The van der Waals surface area contributed by atoms with E-state index in [1.54, 1.807) is 0 Å². The Morgan fingerprint density at radius 1 is 0.839 bits per heavy atom. The predicted molar refractivity (Wildman–Crippen MR) is 136 cm³/mol. The summed E-state index contributed by atoms with van der Waals surface area (Å²) < 4.78 is 19.7. The van der Waals surface area contributed by atoms with Crippen molar-refractivity contribution in [1.82, 2.24) is 0 Å². The number of rotatable bonds is 13. The van der Waals surface area contributed by atoms with Crippen molar-refractivity contribution in [3.05, 3.63) is 65.2 Å². The molecule has 170 valence electrons. The average molecular weight is 444 g/mol. The van der Waals surface area contributed by atoms with Gasteiger partial charge in [-0.1, -0.05) is 76.2 Å². The Labute approximate surface area is 193 Å². The van der Waals surface area contributed by atoms with Crippen LogP contribution in [0.15, 0.2) is 48.5 Å². The number of hydrogen-bond donors (Lipinski definition) is 1. The first kappa shape index (κ1) is 25.5. The van der Waals surface area contributed by atoms with Gasteiger partial charge in [0, 0.05) is 24.1 Å². The van der Waals surface area contributed by atoms with E-state index in [0.717, 1.165) is 43.4 Å². The Kier molecular flexibility index (Phi) is 10.1. The van der Waals surface area contributed by atoms with Gasteiger partial charge in [-0.3, -0.25) is 0 Å². The number of anilines is 1. The second-order valence-corrected chi connectivity index (χ2v) is 9.11. The summed E-state index contributed by atoms with van der Waals surface area (Å²) >= 11 is 0.495. The summed E-state index contributed by atoms with van der Waals surface area (Å²) in [7, 11) is 1.92. The van der Waals surface area contributed by atoms with Crippen molar-refractivity contribution in [2.24, 2.45) is 0 Å². The largest absolute Gasteiger partial charge is 0.388 e. The summed E-state index contributed by atoms with van der Waals surface area (Å²) in [6, 6.07) is 17.0. The summed E-state index contributed by atoms with van der Waals surface area (Å²) in [6.07, 6.45) is 8.41. The van der Waals surface area contributed by atoms with Crippen LogP contribution < -0.4 is 5.32 Å². The second-order valence-electron chi connectivity index (χ2n) is 8.09. The standard InChI is InChI=1S/C27H38FNOS/c1-6-26(7-2,31-28)20-21-30-27(8-3,9-4)24-16-12-22(13-17-24)10-11-23-14-18-25(29-5)19-15-23/h10-19,29H,6-9,20-21H2,1-5H3/b11-10+. The van der Waals surface area contributed by atoms with Gasteiger partial charge in [0.1, 0.15) is 0 Å². The fourth-order valence-electron chi connectivity index (χ4n) is 3.98. The van der Waals surface area contributed by atoms with E-state index >= 15 is 0 Å². The highest BCUT2D eigenvalue weighted by Crippen LogP contribution is 2.39. The minimum Gasteiger partial charge on any atom is -0.388 e. The lowest BCUT2D eigenvalue weighted by Gasteiger charge is -2.35. The van der Waals surface area contributed by atoms with Crippen LogP contribution in [0.4, 0.5) is 9.57 Å². The molecule has 2 aromatic rings. The Bertz CT molecular complexity index is 785. The Morgan fingerprint density at radius 2 is 1.35 bits per heavy atom. The molecule has 0 amide bonds. The molecule has 0 fully saturated rings. The van der Waals surface area contributed by atoms with E-state index < -0.39 is 0 Å². The van der Waals surface area contributed by atoms with Gasteiger partial charge in [0.15, 0.2) is 0 Å². The molecule has 0 aliphatic heterocycles. The van der Waals surface area contributed by atoms with Gasteiger partial charge in [0.25, 0.3) is 0 Å². The van der Waals surface area contributed by atoms with Crippen molar-refractivity contribution in [3.63, 3.8) is 0 Å². The monoisotopic (exact) mass is 443 g/mol. The second kappa shape index (κ2) is 12.3. The molecule has 1 N–H and O–H groups in total. The van der Waals surface area contributed by atoms with Gasteiger partial charge < -0.3 is 10.1 Å². The predicted octanol–water partition coefficient (Wildman–Crippen LogP) is 8.50. The quantitative estimate of drug-likeness (QED) is 0.314. The van der Waals surface area contributed by atoms with Crippen molar-refractivity contribution >= 4 is 30.0 Å². The van der Waals surface area contributed by atoms with Crippen LogP contribution in [-0.2, 0) is 10.3 Å². The molecule has 0 aromatic heterocycles. The fourth-order valence-corrected chi connectivity index (χ4v) is 4.36. The molecule has 0 radical (unpaired) electrons. The lowest BCUT2D eigenvalue weighted by atomic mass is 9.87. The molecule has 0 bridgehead atoms. The zero-order valence-corrected chi connectivity index (χ0v) is 20.5. The summed E-state index contributed by atoms with van der Waals surface area (Å²) in [5, 5.41) is 3.14. The normalized spacial score (nSPS) is 12.5. The summed E-state index contributed by atoms with van der Waals surface area (Å²) in [5.74, 6) is 0. The van der Waals surface area contributed by atoms with Crippen molar-refractivity contribution in [2.75, 3.05) is 19.0 Å². The molecule has 0 unspecified atom stereocenters. The molecular weight excluding hydrogens is 405 g/mol. The van der Waals surface area contributed by atoms with E-state index in [4.69, 9.17) is 4.74 Å². The molecule has 0 aliphatic rings. The molecule has 2 aromatic carbocycles. The minimum atomic E-state index is -0.326. The van der Waals surface area contributed by atoms with Gasteiger partial charge in [0.2, 0.25) is 0 Å². The molecule has 2 rings (SSSR count). The maximum Gasteiger partial charge on any atom is 0.0926 e. The molecule has 0 atom stereocenters. The van der Waals surface area contributed by atoms with Crippen LogP contribution in [-0.4, -0.2) is 18.4 Å². The van der Waals surface area contributed by atoms with Crippen LogP contribution >= 0.6 is 12.1 Å². The molecule has 0 spiro atoms. The SMILES string of the molecule is CCC(CC)(CCOC(CC)(CC)c1ccc(/C=C/c2ccc(NC)cc2)cc1)SF. The number of benzene rings is 2. The molecule has 2 nitrogen and oxygen atoms in total. The van der Waals surface area contributed by atoms with Crippen LogP contribution in [0.25, 0.3) is 12.2 Å². The third-order valence-corrected chi connectivity index (χ3v) is 7.74. The number of nitrogens with one attached hydrogen (secondary N) is 1. The number of halogens is 1. The lowest BCUT2D eigenvalue weighted by Crippen LogP contribution is -2.32. The average Bonchev–Trinajstić information content (AvgIpc) is 2.84. The third-order valence-electron chi connectivity index (χ3n) is 6.63. The highest BCUT2D eigenvalue weighted by atomic mass is 32.2. The van der Waals surface area contributed by atoms with E-state index in [1.807, 2.05) is 7.05 Å². The van der Waals surface area contributed by atoms with Crippen LogP contribution in [0.3, 0.4) is 0 Å². The van der Waals surface area contributed by atoms with Crippen molar-refractivity contribution in [2.45, 2.75) is 70.1 Å². The Morgan fingerprint density at radius 3 is 1.77 bits per heavy atom. The number of ether oxygens (including phenoxy) is 1. The highest BCUT2D eigenvalue weighted by molar-refractivity contribution is 7.95. The van der Waals surface area contributed by atoms with E-state index in [9.17, 15) is 3.89 Å². The van der Waals surface area contributed by atoms with Crippen molar-refractivity contribution < 1.29 is 8.62 Å². The third kappa shape index (κ3) is 6.60. The van der Waals surface area contributed by atoms with Gasteiger partial charge in [-0.05, 0) is 60.9 Å². The first-order valence-electron chi connectivity index (χ1n) is 11.5. The first-order valence-corrected chi connectivity index (χ1v) is 12.2. The van der Waals surface area contributed by atoms with E-state index in [-0.39, 0.29) is 10.3 Å². The highest BCUT2D eigenvalue weighted by Gasteiger charge is 2.32. The van der Waals surface area contributed by atoms with Crippen LogP contribution in [0, 0.1) is 0 Å². The summed E-state index contributed by atoms with van der Waals surface area (Å²) in [4.78, 5) is 0. The van der Waals surface area contributed by atoms with Crippen LogP contribution in [0.1, 0.15) is 76.5 Å². The maximum absolute atomic E-state index is 13.5. The van der Waals surface area contributed by atoms with Gasteiger partial charge in [-0.25, -0.2) is 0 Å². The van der Waals surface area contributed by atoms with Crippen molar-refractivity contribution in [1.29, 1.82) is 0 Å². The number of hydrogen-bond acceptors (Lipinski definition) is 3. The van der Waals surface area contributed by atoms with Crippen LogP contribution in [0.2, 0.25) is 0 Å². The zero-order valence-electron chi connectivity index (χ0n) is 19.7. The molecule has 0 saturated carbocycles. The first-order chi connectivity index (χ1) is 15.0. The maximum atomic E-state index is 13.5. The molecular formula is C27H38FNOS. The molecule has 0 heterocycles. The summed E-state index contributed by atoms with van der Waals surface area (Å²) in [5.41, 5.74) is 4.31. The van der Waals surface area contributed by atoms with E-state index in [2.05, 4.69) is 93.7 Å². The van der Waals surface area contributed by atoms with Gasteiger partial charge >= 0.3 is 0 Å². The van der Waals surface area contributed by atoms with Crippen LogP contribution in [0.5, 0.6) is 0 Å². The van der Waals surface area contributed by atoms with E-state index in [0.29, 0.717) is 18.8 Å². The lowest BCUT2D eigenvalue weighted by molar-refractivity contribution is -0.0605. The molecule has 0 aliphatic carbocycles. The molecule has 31 heavy (non-hydrogen) atoms. The Balaban J connectivity index is 2.09. The molecule has 0 saturated heterocycles. The van der Waals surface area contributed by atoms with Gasteiger partial charge in [-0.2, -0.15) is 3.89 Å². The fraction of sp³-hybridized carbons (Fsp3) is 0.481. The zero-order chi connectivity index (χ0) is 22.7.